The zero-order valence-corrected chi connectivity index (χ0v) is 18.7. The van der Waals surface area contributed by atoms with E-state index in [2.05, 4.69) is 0 Å². The van der Waals surface area contributed by atoms with Crippen molar-refractivity contribution in [1.29, 1.82) is 0 Å². The average Bonchev–Trinajstić information content (AvgIpc) is 2.77. The lowest BCUT2D eigenvalue weighted by atomic mass is 9.62. The predicted molar refractivity (Wildman–Crippen MR) is 121 cm³/mol. The first-order valence-corrected chi connectivity index (χ1v) is 10.8. The Morgan fingerprint density at radius 1 is 0.938 bits per heavy atom. The first-order valence-electron chi connectivity index (χ1n) is 10.8. The highest BCUT2D eigenvalue weighted by molar-refractivity contribution is 6.06. The monoisotopic (exact) mass is 437 g/mol. The number of allylic oxidation sites excluding steroid dienone is 1. The van der Waals surface area contributed by atoms with Gasteiger partial charge in [-0.3, -0.25) is 0 Å². The van der Waals surface area contributed by atoms with Gasteiger partial charge in [-0.25, -0.2) is 14.0 Å². The molecule has 0 saturated carbocycles. The van der Waals surface area contributed by atoms with E-state index in [1.54, 1.807) is 6.92 Å². The molecule has 0 aliphatic carbocycles. The van der Waals surface area contributed by atoms with Crippen molar-refractivity contribution in [2.45, 2.75) is 39.5 Å². The third-order valence-corrected chi connectivity index (χ3v) is 6.11. The summed E-state index contributed by atoms with van der Waals surface area (Å²) in [7, 11) is 0. The molecule has 1 atom stereocenters. The highest BCUT2D eigenvalue weighted by atomic mass is 19.1. The summed E-state index contributed by atoms with van der Waals surface area (Å²) < 4.78 is 13.8. The summed E-state index contributed by atoms with van der Waals surface area (Å²) in [5.41, 5.74) is 0.729. The van der Waals surface area contributed by atoms with Gasteiger partial charge in [-0.2, -0.15) is 0 Å². The van der Waals surface area contributed by atoms with E-state index in [0.29, 0.717) is 29.1 Å². The molecule has 0 bridgehead atoms. The van der Waals surface area contributed by atoms with E-state index < -0.39 is 23.2 Å². The maximum Gasteiger partial charge on any atom is 0.334 e. The molecule has 2 aromatic rings. The van der Waals surface area contributed by atoms with Gasteiger partial charge in [0.05, 0.1) is 22.3 Å². The molecule has 1 unspecified atom stereocenters. The van der Waals surface area contributed by atoms with Crippen molar-refractivity contribution in [2.75, 3.05) is 6.54 Å². The van der Waals surface area contributed by atoms with Crippen LogP contribution in [0.2, 0.25) is 0 Å². The van der Waals surface area contributed by atoms with Crippen molar-refractivity contribution in [2.24, 2.45) is 5.92 Å². The third kappa shape index (κ3) is 3.60. The second kappa shape index (κ2) is 8.99. The van der Waals surface area contributed by atoms with E-state index in [1.165, 1.54) is 24.3 Å². The van der Waals surface area contributed by atoms with Crippen LogP contribution < -0.4 is 0 Å². The fraction of sp³-hybridized carbons (Fsp3) is 0.308. The van der Waals surface area contributed by atoms with E-state index in [1.807, 2.05) is 56.0 Å². The zero-order chi connectivity index (χ0) is 23.6. The van der Waals surface area contributed by atoms with E-state index in [-0.39, 0.29) is 23.5 Å². The van der Waals surface area contributed by atoms with E-state index in [9.17, 15) is 24.2 Å². The summed E-state index contributed by atoms with van der Waals surface area (Å²) in [6, 6.07) is 14.6. The molecule has 1 heterocycles. The topological polar surface area (TPSA) is 77.8 Å². The van der Waals surface area contributed by atoms with E-state index >= 15 is 0 Å². The highest BCUT2D eigenvalue weighted by Crippen LogP contribution is 2.53. The summed E-state index contributed by atoms with van der Waals surface area (Å²) >= 11 is 0. The number of rotatable bonds is 7. The molecule has 0 spiro atoms. The Morgan fingerprint density at radius 3 is 1.94 bits per heavy atom. The molecule has 0 amide bonds. The van der Waals surface area contributed by atoms with Crippen molar-refractivity contribution in [3.63, 3.8) is 0 Å². The average molecular weight is 438 g/mol. The SMILES string of the molecule is CCN1C(c2ccccc2)=C(C(=O)O)C(CC)(c2ccc(F)cc2)C(C(=O)O)=C1C(C)C. The molecular formula is C26H28FNO4. The molecule has 5 nitrogen and oxygen atoms in total. The number of benzene rings is 2. The Hall–Kier alpha value is -3.41. The van der Waals surface area contributed by atoms with Crippen LogP contribution in [0.3, 0.4) is 0 Å². The van der Waals surface area contributed by atoms with Crippen LogP contribution in [-0.4, -0.2) is 33.6 Å². The second-order valence-corrected chi connectivity index (χ2v) is 8.12. The standard InChI is InChI=1S/C26H28FNO4/c1-5-26(18-12-14-19(27)15-13-18)20(24(29)30)22(16(3)4)28(6-2)23(21(26)25(31)32)17-10-8-7-9-11-17/h7-16H,5-6H2,1-4H3,(H,29,30)(H,31,32). The molecule has 0 fully saturated rings. The fourth-order valence-electron chi connectivity index (χ4n) is 4.92. The molecule has 0 aromatic heterocycles. The molecular weight excluding hydrogens is 409 g/mol. The van der Waals surface area contributed by atoms with Crippen LogP contribution in [0, 0.1) is 11.7 Å². The van der Waals surface area contributed by atoms with Gasteiger partial charge >= 0.3 is 11.9 Å². The van der Waals surface area contributed by atoms with Gasteiger partial charge in [-0.15, -0.1) is 0 Å². The normalized spacial score (nSPS) is 19.0. The molecule has 1 aliphatic rings. The van der Waals surface area contributed by atoms with Crippen LogP contribution in [0.15, 0.2) is 71.4 Å². The van der Waals surface area contributed by atoms with Crippen molar-refractivity contribution in [3.8, 4) is 0 Å². The number of aliphatic carboxylic acids is 2. The van der Waals surface area contributed by atoms with Gasteiger partial charge in [0.1, 0.15) is 5.82 Å². The summed E-state index contributed by atoms with van der Waals surface area (Å²) in [5, 5.41) is 21.0. The molecule has 32 heavy (non-hydrogen) atoms. The lowest BCUT2D eigenvalue weighted by Crippen LogP contribution is -2.47. The van der Waals surface area contributed by atoms with Crippen LogP contribution in [0.1, 0.15) is 45.2 Å². The van der Waals surface area contributed by atoms with Gasteiger partial charge in [-0.05, 0) is 42.5 Å². The Balaban J connectivity index is 2.59. The maximum absolute atomic E-state index is 13.8. The van der Waals surface area contributed by atoms with Crippen LogP contribution in [0.5, 0.6) is 0 Å². The minimum Gasteiger partial charge on any atom is -0.478 e. The zero-order valence-electron chi connectivity index (χ0n) is 18.7. The van der Waals surface area contributed by atoms with Gasteiger partial charge in [0.15, 0.2) is 0 Å². The van der Waals surface area contributed by atoms with Gasteiger partial charge in [-0.1, -0.05) is 63.2 Å². The number of carboxylic acids is 2. The van der Waals surface area contributed by atoms with Crippen LogP contribution in [0.4, 0.5) is 4.39 Å². The second-order valence-electron chi connectivity index (χ2n) is 8.12. The Bertz CT molecular complexity index is 1090. The number of hydrogen-bond acceptors (Lipinski definition) is 3. The first kappa shape index (κ1) is 23.3. The highest BCUT2D eigenvalue weighted by Gasteiger charge is 2.52. The first-order chi connectivity index (χ1) is 15.2. The van der Waals surface area contributed by atoms with Crippen molar-refractivity contribution >= 4 is 17.6 Å². The smallest absolute Gasteiger partial charge is 0.334 e. The molecule has 0 saturated heterocycles. The van der Waals surface area contributed by atoms with Crippen LogP contribution in [0.25, 0.3) is 5.70 Å². The molecule has 2 N–H and O–H groups in total. The summed E-state index contributed by atoms with van der Waals surface area (Å²) in [6.45, 7) is 7.85. The minimum absolute atomic E-state index is 0.0125. The minimum atomic E-state index is -1.46. The van der Waals surface area contributed by atoms with Gasteiger partial charge in [0.25, 0.3) is 0 Å². The largest absolute Gasteiger partial charge is 0.478 e. The van der Waals surface area contributed by atoms with Gasteiger partial charge in [0.2, 0.25) is 0 Å². The lowest BCUT2D eigenvalue weighted by Gasteiger charge is -2.47. The number of hydrogen-bond donors (Lipinski definition) is 2. The quantitative estimate of drug-likeness (QED) is 0.615. The van der Waals surface area contributed by atoms with Crippen LogP contribution >= 0.6 is 0 Å². The van der Waals surface area contributed by atoms with E-state index in [0.717, 1.165) is 0 Å². The Labute approximate surface area is 187 Å². The molecule has 3 rings (SSSR count). The third-order valence-electron chi connectivity index (χ3n) is 6.11. The fourth-order valence-corrected chi connectivity index (χ4v) is 4.92. The lowest BCUT2D eigenvalue weighted by molar-refractivity contribution is -0.134. The molecule has 168 valence electrons. The predicted octanol–water partition coefficient (Wildman–Crippen LogP) is 5.30. The number of halogens is 1. The van der Waals surface area contributed by atoms with Crippen molar-refractivity contribution in [3.05, 3.63) is 88.4 Å². The summed E-state index contributed by atoms with van der Waals surface area (Å²) in [5.74, 6) is -3.04. The van der Waals surface area contributed by atoms with Crippen molar-refractivity contribution < 1.29 is 24.2 Å². The Kier molecular flexibility index (Phi) is 6.53. The molecule has 1 aliphatic heterocycles. The summed E-state index contributed by atoms with van der Waals surface area (Å²) in [6.07, 6.45) is 0.187. The molecule has 0 radical (unpaired) electrons. The maximum atomic E-state index is 13.8. The molecule has 6 heteroatoms. The van der Waals surface area contributed by atoms with Crippen molar-refractivity contribution in [1.82, 2.24) is 4.90 Å². The number of nitrogens with zero attached hydrogens (tertiary/aromatic N) is 1. The number of carboxylic acid groups (broad SMARTS) is 2. The van der Waals surface area contributed by atoms with E-state index in [4.69, 9.17) is 0 Å². The Morgan fingerprint density at radius 2 is 1.50 bits per heavy atom. The van der Waals surface area contributed by atoms with Gasteiger partial charge < -0.3 is 15.1 Å². The van der Waals surface area contributed by atoms with Gasteiger partial charge in [0, 0.05) is 12.2 Å². The summed E-state index contributed by atoms with van der Waals surface area (Å²) in [4.78, 5) is 27.5. The number of carbonyl (C=O) groups is 2. The van der Waals surface area contributed by atoms with Crippen LogP contribution in [-0.2, 0) is 15.0 Å². The molecule has 2 aromatic carbocycles.